The van der Waals surface area contributed by atoms with E-state index in [2.05, 4.69) is 4.90 Å². The van der Waals surface area contributed by atoms with E-state index in [1.165, 1.54) is 38.5 Å². The first kappa shape index (κ1) is 17.6. The van der Waals surface area contributed by atoms with E-state index in [4.69, 9.17) is 9.47 Å². The number of ether oxygens (including phenoxy) is 2. The molecule has 2 saturated heterocycles. The fourth-order valence-electron chi connectivity index (χ4n) is 3.14. The summed E-state index contributed by atoms with van der Waals surface area (Å²) >= 11 is 0. The Balaban J connectivity index is 1.89. The number of hydrogen-bond donors (Lipinski definition) is 0. The molecule has 5 nitrogen and oxygen atoms in total. The van der Waals surface area contributed by atoms with Gasteiger partial charge in [-0.1, -0.05) is 12.5 Å². The number of rotatable bonds is 3. The fourth-order valence-corrected chi connectivity index (χ4v) is 3.14. The summed E-state index contributed by atoms with van der Waals surface area (Å²) in [5.74, 6) is -3.07. The highest BCUT2D eigenvalue weighted by molar-refractivity contribution is 6.18. The van der Waals surface area contributed by atoms with E-state index in [0.29, 0.717) is 12.1 Å². The van der Waals surface area contributed by atoms with Crippen LogP contribution in [0.3, 0.4) is 0 Å². The summed E-state index contributed by atoms with van der Waals surface area (Å²) < 4.78 is 23.9. The average Bonchev–Trinajstić information content (AvgIpc) is 2.53. The van der Waals surface area contributed by atoms with Crippen molar-refractivity contribution in [1.82, 2.24) is 4.90 Å². The molecular weight excluding hydrogens is 325 g/mol. The molecule has 0 aliphatic carbocycles. The lowest BCUT2D eigenvalue weighted by Gasteiger charge is -2.30. The smallest absolute Gasteiger partial charge is 0.348 e. The molecule has 0 aromatic heterocycles. The van der Waals surface area contributed by atoms with Crippen molar-refractivity contribution in [3.63, 3.8) is 0 Å². The van der Waals surface area contributed by atoms with Crippen LogP contribution in [0, 0.1) is 5.82 Å². The molecule has 0 atom stereocenters. The summed E-state index contributed by atoms with van der Waals surface area (Å²) in [6.45, 7) is 5.50. The highest BCUT2D eigenvalue weighted by Gasteiger charge is 2.38. The van der Waals surface area contributed by atoms with Crippen LogP contribution in [-0.2, 0) is 25.6 Å². The topological polar surface area (TPSA) is 55.8 Å². The molecule has 1 aromatic carbocycles. The van der Waals surface area contributed by atoms with Gasteiger partial charge in [-0.2, -0.15) is 0 Å². The van der Waals surface area contributed by atoms with Crippen molar-refractivity contribution < 1.29 is 23.5 Å². The number of hydrogen-bond acceptors (Lipinski definition) is 5. The zero-order chi connectivity index (χ0) is 18.0. The molecule has 2 heterocycles. The van der Waals surface area contributed by atoms with Gasteiger partial charge in [0.15, 0.2) is 0 Å². The van der Waals surface area contributed by atoms with E-state index < -0.39 is 17.7 Å². The monoisotopic (exact) mass is 347 g/mol. The predicted molar refractivity (Wildman–Crippen MR) is 89.8 cm³/mol. The number of cyclic esters (lactones) is 2. The van der Waals surface area contributed by atoms with Gasteiger partial charge in [-0.15, -0.1) is 0 Å². The molecule has 0 saturated carbocycles. The van der Waals surface area contributed by atoms with Crippen LogP contribution in [0.4, 0.5) is 4.39 Å². The number of carbonyl (C=O) groups excluding carboxylic acids is 2. The minimum Gasteiger partial charge on any atom is -0.419 e. The normalized spacial score (nSPS) is 20.8. The van der Waals surface area contributed by atoms with E-state index in [1.807, 2.05) is 0 Å². The van der Waals surface area contributed by atoms with Crippen molar-refractivity contribution in [2.45, 2.75) is 45.4 Å². The van der Waals surface area contributed by atoms with Gasteiger partial charge in [-0.3, -0.25) is 4.90 Å². The van der Waals surface area contributed by atoms with Crippen LogP contribution < -0.4 is 0 Å². The summed E-state index contributed by atoms with van der Waals surface area (Å²) in [4.78, 5) is 26.5. The van der Waals surface area contributed by atoms with Gasteiger partial charge in [0.2, 0.25) is 0 Å². The number of esters is 2. The van der Waals surface area contributed by atoms with Crippen LogP contribution >= 0.6 is 0 Å². The highest BCUT2D eigenvalue weighted by Crippen LogP contribution is 2.26. The van der Waals surface area contributed by atoms with Gasteiger partial charge in [0.25, 0.3) is 5.79 Å². The second-order valence-electron chi connectivity index (χ2n) is 6.92. The zero-order valence-electron chi connectivity index (χ0n) is 14.5. The van der Waals surface area contributed by atoms with Gasteiger partial charge >= 0.3 is 11.9 Å². The Morgan fingerprint density at radius 3 is 2.40 bits per heavy atom. The second-order valence-corrected chi connectivity index (χ2v) is 6.92. The first-order valence-corrected chi connectivity index (χ1v) is 8.53. The average molecular weight is 347 g/mol. The lowest BCUT2D eigenvalue weighted by Crippen LogP contribution is -2.41. The minimum absolute atomic E-state index is 0.175. The third-order valence-electron chi connectivity index (χ3n) is 4.36. The maximum absolute atomic E-state index is 13.7. The number of carbonyl (C=O) groups is 2. The van der Waals surface area contributed by atoms with Crippen molar-refractivity contribution in [3.05, 3.63) is 40.7 Å². The van der Waals surface area contributed by atoms with Gasteiger partial charge < -0.3 is 9.47 Å². The molecule has 0 spiro atoms. The molecule has 2 aliphatic heterocycles. The Morgan fingerprint density at radius 1 is 1.12 bits per heavy atom. The highest BCUT2D eigenvalue weighted by atomic mass is 19.1. The van der Waals surface area contributed by atoms with Crippen molar-refractivity contribution >= 4 is 18.0 Å². The molecule has 1 aromatic rings. The third-order valence-corrected chi connectivity index (χ3v) is 4.36. The molecule has 0 unspecified atom stereocenters. The molecule has 2 fully saturated rings. The minimum atomic E-state index is -1.27. The molecule has 3 rings (SSSR count). The summed E-state index contributed by atoms with van der Waals surface area (Å²) in [5, 5.41) is 0. The van der Waals surface area contributed by atoms with E-state index in [9.17, 15) is 14.0 Å². The standard InChI is InChI=1S/C19H22FNO4/c1-19(2)24-17(22)16(18(23)25-19)11-13-6-7-15(20)10-14(13)12-21-8-4-3-5-9-21/h6-7,10-11H,3-5,8-9,12H2,1-2H3. The molecule has 6 heteroatoms. The Bertz CT molecular complexity index is 698. The van der Waals surface area contributed by atoms with Gasteiger partial charge in [-0.05, 0) is 55.3 Å². The Labute approximate surface area is 146 Å². The summed E-state index contributed by atoms with van der Waals surface area (Å²) in [6, 6.07) is 4.34. The lowest BCUT2D eigenvalue weighted by molar-refractivity contribution is -0.222. The summed E-state index contributed by atoms with van der Waals surface area (Å²) in [7, 11) is 0. The fraction of sp³-hybridized carbons (Fsp3) is 0.474. The third kappa shape index (κ3) is 4.25. The van der Waals surface area contributed by atoms with Crippen LogP contribution in [0.25, 0.3) is 6.08 Å². The van der Waals surface area contributed by atoms with E-state index in [1.54, 1.807) is 6.07 Å². The van der Waals surface area contributed by atoms with Crippen molar-refractivity contribution in [1.29, 1.82) is 0 Å². The number of nitrogens with zero attached hydrogens (tertiary/aromatic N) is 1. The molecular formula is C19H22FNO4. The van der Waals surface area contributed by atoms with Crippen LogP contribution in [-0.4, -0.2) is 35.7 Å². The SMILES string of the molecule is CC1(C)OC(=O)C(=Cc2ccc(F)cc2CN2CCCCC2)C(=O)O1. The molecule has 0 N–H and O–H groups in total. The molecule has 0 radical (unpaired) electrons. The first-order chi connectivity index (χ1) is 11.8. The number of halogens is 1. The largest absolute Gasteiger partial charge is 0.419 e. The Hall–Kier alpha value is -2.21. The maximum atomic E-state index is 13.7. The first-order valence-electron chi connectivity index (χ1n) is 8.53. The molecule has 2 aliphatic rings. The van der Waals surface area contributed by atoms with Gasteiger partial charge in [0, 0.05) is 20.4 Å². The van der Waals surface area contributed by atoms with E-state index in [-0.39, 0.29) is 11.4 Å². The summed E-state index contributed by atoms with van der Waals surface area (Å²) in [6.07, 6.45) is 4.89. The number of piperidine rings is 1. The molecule has 0 amide bonds. The quantitative estimate of drug-likeness (QED) is 0.478. The zero-order valence-corrected chi connectivity index (χ0v) is 14.5. The van der Waals surface area contributed by atoms with E-state index >= 15 is 0 Å². The number of likely N-dealkylation sites (tertiary alicyclic amines) is 1. The van der Waals surface area contributed by atoms with Crippen LogP contribution in [0.2, 0.25) is 0 Å². The van der Waals surface area contributed by atoms with E-state index in [0.717, 1.165) is 31.5 Å². The van der Waals surface area contributed by atoms with Crippen molar-refractivity contribution in [2.75, 3.05) is 13.1 Å². The summed E-state index contributed by atoms with van der Waals surface area (Å²) in [5.41, 5.74) is 1.18. The lowest BCUT2D eigenvalue weighted by atomic mass is 10.0. The predicted octanol–water partition coefficient (Wildman–Crippen LogP) is 3.03. The molecule has 0 bridgehead atoms. The van der Waals surface area contributed by atoms with Crippen LogP contribution in [0.15, 0.2) is 23.8 Å². The Kier molecular flexibility index (Phi) is 4.90. The van der Waals surface area contributed by atoms with Gasteiger partial charge in [-0.25, -0.2) is 14.0 Å². The van der Waals surface area contributed by atoms with Crippen molar-refractivity contribution in [3.8, 4) is 0 Å². The number of benzene rings is 1. The van der Waals surface area contributed by atoms with Crippen LogP contribution in [0.1, 0.15) is 44.2 Å². The maximum Gasteiger partial charge on any atom is 0.348 e. The molecule has 25 heavy (non-hydrogen) atoms. The van der Waals surface area contributed by atoms with Gasteiger partial charge in [0.05, 0.1) is 0 Å². The Morgan fingerprint density at radius 2 is 1.76 bits per heavy atom. The van der Waals surface area contributed by atoms with Crippen LogP contribution in [0.5, 0.6) is 0 Å². The molecule has 134 valence electrons. The van der Waals surface area contributed by atoms with Crippen molar-refractivity contribution in [2.24, 2.45) is 0 Å². The van der Waals surface area contributed by atoms with Gasteiger partial charge in [0.1, 0.15) is 11.4 Å². The second kappa shape index (κ2) is 6.96.